The van der Waals surface area contributed by atoms with Gasteiger partial charge in [-0.1, -0.05) is 29.4 Å². The van der Waals surface area contributed by atoms with Gasteiger partial charge < -0.3 is 14.0 Å². The maximum absolute atomic E-state index is 12.0. The Hall–Kier alpha value is -3.57. The average molecular weight is 447 g/mol. The number of carbonyl (C=O) groups excluding carboxylic acids is 1. The summed E-state index contributed by atoms with van der Waals surface area (Å²) in [4.78, 5) is 20.9. The van der Waals surface area contributed by atoms with Crippen molar-refractivity contribution in [1.82, 2.24) is 10.1 Å². The molecule has 2 aliphatic rings. The van der Waals surface area contributed by atoms with E-state index in [0.717, 1.165) is 47.2 Å². The smallest absolute Gasteiger partial charge is 0.271 e. The molecule has 0 spiro atoms. The monoisotopic (exact) mass is 446 g/mol. The van der Waals surface area contributed by atoms with Crippen molar-refractivity contribution in [2.45, 2.75) is 45.6 Å². The number of hydrogen-bond donors (Lipinski definition) is 0. The first kappa shape index (κ1) is 22.6. The molecule has 8 heteroatoms. The number of ether oxygens (including phenoxy) is 2. The molecule has 0 fully saturated rings. The second-order valence-corrected chi connectivity index (χ2v) is 8.31. The third-order valence-corrected chi connectivity index (χ3v) is 5.54. The Labute approximate surface area is 192 Å². The van der Waals surface area contributed by atoms with E-state index in [1.165, 1.54) is 7.11 Å². The molecule has 33 heavy (non-hydrogen) atoms. The number of aromatic nitrogens is 2. The normalized spacial score (nSPS) is 19.0. The summed E-state index contributed by atoms with van der Waals surface area (Å²) in [5.41, 5.74) is 4.42. The van der Waals surface area contributed by atoms with Crippen molar-refractivity contribution >= 4 is 17.2 Å². The molecule has 0 saturated carbocycles. The minimum atomic E-state index is -0.393. The van der Waals surface area contributed by atoms with Crippen molar-refractivity contribution < 1.29 is 18.8 Å². The highest BCUT2D eigenvalue weighted by Crippen LogP contribution is 2.34. The average Bonchev–Trinajstić information content (AvgIpc) is 3.29. The molecule has 1 heterocycles. The summed E-state index contributed by atoms with van der Waals surface area (Å²) >= 11 is 0. The second kappa shape index (κ2) is 9.92. The summed E-state index contributed by atoms with van der Waals surface area (Å²) in [5, 5.41) is 13.8. The van der Waals surface area contributed by atoms with Gasteiger partial charge in [-0.2, -0.15) is 10.2 Å². The van der Waals surface area contributed by atoms with Crippen molar-refractivity contribution in [3.05, 3.63) is 53.1 Å². The fourth-order valence-corrected chi connectivity index (χ4v) is 4.14. The van der Waals surface area contributed by atoms with Crippen LogP contribution in [0.1, 0.15) is 50.1 Å². The number of nitrogens with zero attached hydrogens (tertiary/aromatic N) is 4. The third kappa shape index (κ3) is 4.94. The number of fused-ring (bicyclic) bond motifs is 1. The van der Waals surface area contributed by atoms with E-state index in [1.54, 1.807) is 6.08 Å². The zero-order chi connectivity index (χ0) is 23.4. The lowest BCUT2D eigenvalue weighted by atomic mass is 9.86. The number of methoxy groups -OCH3 is 1. The van der Waals surface area contributed by atoms with Gasteiger partial charge in [0.2, 0.25) is 5.82 Å². The highest BCUT2D eigenvalue weighted by atomic mass is 16.5. The molecule has 0 saturated heterocycles. The highest BCUT2D eigenvalue weighted by Gasteiger charge is 2.26. The fraction of sp³-hybridized carbons (Fsp3) is 0.400. The van der Waals surface area contributed by atoms with Gasteiger partial charge in [0.15, 0.2) is 0 Å². The van der Waals surface area contributed by atoms with Gasteiger partial charge in [0.1, 0.15) is 18.3 Å². The first-order chi connectivity index (χ1) is 16.0. The van der Waals surface area contributed by atoms with Crippen LogP contribution in [0.4, 0.5) is 0 Å². The van der Waals surface area contributed by atoms with Crippen LogP contribution in [0.3, 0.4) is 0 Å². The van der Waals surface area contributed by atoms with Crippen LogP contribution in [0, 0.1) is 17.2 Å². The lowest BCUT2D eigenvalue weighted by Crippen LogP contribution is -2.16. The van der Waals surface area contributed by atoms with Gasteiger partial charge in [-0.25, -0.2) is 4.99 Å². The maximum atomic E-state index is 12.0. The van der Waals surface area contributed by atoms with Crippen LogP contribution in [0.25, 0.3) is 17.0 Å². The van der Waals surface area contributed by atoms with Crippen LogP contribution in [-0.2, 0) is 20.7 Å². The molecule has 0 bridgehead atoms. The number of hydrogen-bond acceptors (Lipinski definition) is 7. The SMILES string of the molecule is COCC(=O)N=C1CCCc2c1cccc2-c1noc(C2=CC=C(OC(C)C)C(C#N)C2)n1. The predicted molar refractivity (Wildman–Crippen MR) is 122 cm³/mol. The molecule has 2 aromatic rings. The fourth-order valence-electron chi connectivity index (χ4n) is 4.14. The zero-order valence-electron chi connectivity index (χ0n) is 19.0. The summed E-state index contributed by atoms with van der Waals surface area (Å²) in [6.45, 7) is 3.83. The van der Waals surface area contributed by atoms with Gasteiger partial charge in [-0.05, 0) is 50.3 Å². The number of carbonyl (C=O) groups is 1. The molecule has 1 aromatic heterocycles. The molecule has 0 radical (unpaired) electrons. The van der Waals surface area contributed by atoms with E-state index >= 15 is 0 Å². The summed E-state index contributed by atoms with van der Waals surface area (Å²) in [6.07, 6.45) is 6.58. The van der Waals surface area contributed by atoms with Gasteiger partial charge in [-0.15, -0.1) is 0 Å². The molecule has 1 amide bonds. The minimum absolute atomic E-state index is 0.000429. The second-order valence-electron chi connectivity index (χ2n) is 8.31. The van der Waals surface area contributed by atoms with Crippen molar-refractivity contribution in [3.8, 4) is 17.5 Å². The summed E-state index contributed by atoms with van der Waals surface area (Å²) < 4.78 is 16.2. The van der Waals surface area contributed by atoms with E-state index in [-0.39, 0.29) is 18.6 Å². The molecular formula is C25H26N4O4. The zero-order valence-corrected chi connectivity index (χ0v) is 19.0. The van der Waals surface area contributed by atoms with Crippen LogP contribution < -0.4 is 0 Å². The number of nitriles is 1. The predicted octanol–water partition coefficient (Wildman–Crippen LogP) is 4.27. The number of rotatable bonds is 6. The van der Waals surface area contributed by atoms with Gasteiger partial charge in [0.25, 0.3) is 11.8 Å². The third-order valence-electron chi connectivity index (χ3n) is 5.54. The molecule has 1 aromatic carbocycles. The topological polar surface area (TPSA) is 111 Å². The Morgan fingerprint density at radius 1 is 1.30 bits per heavy atom. The van der Waals surface area contributed by atoms with E-state index in [2.05, 4.69) is 21.2 Å². The minimum Gasteiger partial charge on any atom is -0.494 e. The van der Waals surface area contributed by atoms with Gasteiger partial charge in [-0.3, -0.25) is 4.79 Å². The highest BCUT2D eigenvalue weighted by molar-refractivity contribution is 6.09. The Kier molecular flexibility index (Phi) is 6.80. The maximum Gasteiger partial charge on any atom is 0.271 e. The van der Waals surface area contributed by atoms with Gasteiger partial charge in [0.05, 0.1) is 17.9 Å². The van der Waals surface area contributed by atoms with Crippen LogP contribution in [0.2, 0.25) is 0 Å². The molecule has 0 aliphatic heterocycles. The summed E-state index contributed by atoms with van der Waals surface area (Å²) in [5.74, 6) is 0.841. The molecule has 4 rings (SSSR count). The largest absolute Gasteiger partial charge is 0.494 e. The lowest BCUT2D eigenvalue weighted by Gasteiger charge is -2.21. The quantitative estimate of drug-likeness (QED) is 0.651. The molecule has 1 unspecified atom stereocenters. The van der Waals surface area contributed by atoms with Crippen molar-refractivity contribution in [2.24, 2.45) is 10.9 Å². The van der Waals surface area contributed by atoms with E-state index < -0.39 is 5.92 Å². The Bertz CT molecular complexity index is 1180. The number of benzene rings is 1. The Balaban J connectivity index is 1.64. The Morgan fingerprint density at radius 2 is 2.12 bits per heavy atom. The van der Waals surface area contributed by atoms with Crippen molar-refractivity contribution in [1.29, 1.82) is 5.26 Å². The first-order valence-corrected chi connectivity index (χ1v) is 11.0. The molecule has 1 atom stereocenters. The van der Waals surface area contributed by atoms with Crippen LogP contribution >= 0.6 is 0 Å². The van der Waals surface area contributed by atoms with Crippen molar-refractivity contribution in [3.63, 3.8) is 0 Å². The standard InChI is InChI=1S/C25H26N4O4/c1-15(2)32-22-11-10-16(12-17(22)13-26)25-28-24(29-33-25)20-8-4-7-19-18(20)6-5-9-21(19)27-23(30)14-31-3/h4,7-8,10-11,15,17H,5-6,9,12,14H2,1-3H3. The molecule has 0 N–H and O–H groups in total. The van der Waals surface area contributed by atoms with Gasteiger partial charge >= 0.3 is 0 Å². The number of allylic oxidation sites excluding steroid dienone is 4. The molecule has 170 valence electrons. The summed E-state index contributed by atoms with van der Waals surface area (Å²) in [7, 11) is 1.48. The van der Waals surface area contributed by atoms with Crippen LogP contribution in [0.15, 0.2) is 45.6 Å². The van der Waals surface area contributed by atoms with E-state index in [1.807, 2.05) is 38.1 Å². The number of amides is 1. The molecular weight excluding hydrogens is 420 g/mol. The molecule has 8 nitrogen and oxygen atoms in total. The van der Waals surface area contributed by atoms with Crippen LogP contribution in [-0.4, -0.2) is 41.6 Å². The first-order valence-electron chi connectivity index (χ1n) is 11.0. The van der Waals surface area contributed by atoms with E-state index in [4.69, 9.17) is 14.0 Å². The Morgan fingerprint density at radius 3 is 2.88 bits per heavy atom. The van der Waals surface area contributed by atoms with Crippen molar-refractivity contribution in [2.75, 3.05) is 13.7 Å². The van der Waals surface area contributed by atoms with Gasteiger partial charge in [0, 0.05) is 24.7 Å². The number of aliphatic imine (C=N–C) groups is 1. The lowest BCUT2D eigenvalue weighted by molar-refractivity contribution is -0.121. The van der Waals surface area contributed by atoms with E-state index in [0.29, 0.717) is 23.9 Å². The van der Waals surface area contributed by atoms with Crippen LogP contribution in [0.5, 0.6) is 0 Å². The van der Waals surface area contributed by atoms with E-state index in [9.17, 15) is 10.1 Å². The summed E-state index contributed by atoms with van der Waals surface area (Å²) in [6, 6.07) is 8.13. The molecule has 2 aliphatic carbocycles.